The van der Waals surface area contributed by atoms with E-state index in [2.05, 4.69) is 157 Å². The normalized spacial score (nSPS) is 14.3. The van der Waals surface area contributed by atoms with E-state index >= 15 is 0 Å². The minimum atomic E-state index is -3.32. The van der Waals surface area contributed by atoms with Crippen LogP contribution in [0.25, 0.3) is 16.7 Å². The van der Waals surface area contributed by atoms with Crippen LogP contribution in [0.1, 0.15) is 90.6 Å². The first-order valence-corrected chi connectivity index (χ1v) is 23.3. The van der Waals surface area contributed by atoms with Crippen LogP contribution >= 0.6 is 23.2 Å². The standard InChI is InChI=1S/C21H25.C13H10.C11H7Cl2.Hf/c1-20(2,3)16-7-9-18-14(12-16)11-15-13-17(21(4,5)6)8-10-19(15)18;1-3-7-12(8-4-1)11-13-9-5-2-6-10-13;12-10-7-3-6-9(11(10)13)8-4-1-2-5-8;/h7-13H,1-6H3;1-10H;1,3-4,6-7H,2H2;. The van der Waals surface area contributed by atoms with Gasteiger partial charge in [-0.3, -0.25) is 0 Å². The maximum atomic E-state index is 7.04. The van der Waals surface area contributed by atoms with Crippen molar-refractivity contribution in [1.29, 1.82) is 0 Å². The Hall–Kier alpha value is -3.10. The molecule has 0 aromatic heterocycles. The molecule has 0 saturated heterocycles. The molecule has 2 aliphatic carbocycles. The SMILES string of the molecule is CC(C)(C)c1ccc2c(c1)[CH]([Hf]([C]1=C(c3cccc(Cl)c3Cl)C=CC1)=[C](c1ccccc1)c1ccccc1)c1cc(C(C)(C)C)ccc1-2. The molecule has 3 heteroatoms. The third kappa shape index (κ3) is 6.12. The van der Waals surface area contributed by atoms with Crippen LogP contribution in [0.15, 0.2) is 131 Å². The molecule has 5 aromatic rings. The van der Waals surface area contributed by atoms with Crippen LogP contribution in [0.4, 0.5) is 0 Å². The number of allylic oxidation sites excluding steroid dienone is 4. The maximum absolute atomic E-state index is 7.04. The van der Waals surface area contributed by atoms with Gasteiger partial charge in [-0.1, -0.05) is 0 Å². The van der Waals surface area contributed by atoms with Crippen LogP contribution < -0.4 is 0 Å². The summed E-state index contributed by atoms with van der Waals surface area (Å²) < 4.78 is 3.42. The summed E-state index contributed by atoms with van der Waals surface area (Å²) in [6.07, 6.45) is 5.61. The van der Waals surface area contributed by atoms with E-state index in [1.54, 1.807) is 6.58 Å². The van der Waals surface area contributed by atoms with E-state index in [1.807, 2.05) is 12.1 Å². The molecule has 5 aromatic carbocycles. The first-order valence-electron chi connectivity index (χ1n) is 16.9. The van der Waals surface area contributed by atoms with Gasteiger partial charge in [0, 0.05) is 0 Å². The molecule has 48 heavy (non-hydrogen) atoms. The number of hydrogen-bond donors (Lipinski definition) is 0. The zero-order valence-electron chi connectivity index (χ0n) is 28.7. The Morgan fingerprint density at radius 1 is 0.604 bits per heavy atom. The topological polar surface area (TPSA) is 0 Å². The summed E-state index contributed by atoms with van der Waals surface area (Å²) in [6.45, 7) is 14.0. The van der Waals surface area contributed by atoms with Gasteiger partial charge in [-0.2, -0.15) is 0 Å². The summed E-state index contributed by atoms with van der Waals surface area (Å²) in [6, 6.07) is 43.1. The Kier molecular flexibility index (Phi) is 9.03. The molecule has 0 radical (unpaired) electrons. The monoisotopic (exact) mass is 832 g/mol. The van der Waals surface area contributed by atoms with Gasteiger partial charge in [-0.05, 0) is 0 Å². The molecule has 240 valence electrons. The van der Waals surface area contributed by atoms with Crippen molar-refractivity contribution < 1.29 is 21.0 Å². The molecule has 0 aliphatic heterocycles. The molecule has 0 atom stereocenters. The second kappa shape index (κ2) is 13.0. The predicted octanol–water partition coefficient (Wildman–Crippen LogP) is 12.9. The fourth-order valence-corrected chi connectivity index (χ4v) is 21.6. The fourth-order valence-electron chi connectivity index (χ4n) is 7.39. The summed E-state index contributed by atoms with van der Waals surface area (Å²) >= 11 is 10.4. The number of halogens is 2. The molecule has 0 unspecified atom stereocenters. The molecule has 0 nitrogen and oxygen atoms in total. The van der Waals surface area contributed by atoms with Crippen LogP contribution in [0.3, 0.4) is 0 Å². The summed E-state index contributed by atoms with van der Waals surface area (Å²) in [7, 11) is 0. The zero-order chi connectivity index (χ0) is 33.8. The van der Waals surface area contributed by atoms with Crippen molar-refractivity contribution in [3.63, 3.8) is 0 Å². The molecule has 0 N–H and O–H groups in total. The van der Waals surface area contributed by atoms with Gasteiger partial charge in [-0.25, -0.2) is 0 Å². The molecule has 0 heterocycles. The van der Waals surface area contributed by atoms with Gasteiger partial charge in [0.05, 0.1) is 0 Å². The van der Waals surface area contributed by atoms with E-state index in [4.69, 9.17) is 23.2 Å². The van der Waals surface area contributed by atoms with Crippen LogP contribution in [0.2, 0.25) is 10.0 Å². The van der Waals surface area contributed by atoms with Crippen LogP contribution in [0, 0.1) is 0 Å². The predicted molar refractivity (Wildman–Crippen MR) is 204 cm³/mol. The van der Waals surface area contributed by atoms with Gasteiger partial charge in [0.25, 0.3) is 0 Å². The Labute approximate surface area is 304 Å². The van der Waals surface area contributed by atoms with Crippen molar-refractivity contribution in [3.8, 4) is 11.1 Å². The average Bonchev–Trinajstić information content (AvgIpc) is 3.67. The van der Waals surface area contributed by atoms with E-state index < -0.39 is 21.0 Å². The van der Waals surface area contributed by atoms with Gasteiger partial charge >= 0.3 is 306 Å². The minimum absolute atomic E-state index is 0.0370. The third-order valence-corrected chi connectivity index (χ3v) is 23.1. The Bertz CT molecular complexity index is 2020. The molecule has 0 spiro atoms. The molecular formula is C45H42Cl2Hf. The van der Waals surface area contributed by atoms with Crippen molar-refractivity contribution in [1.82, 2.24) is 0 Å². The van der Waals surface area contributed by atoms with E-state index in [1.165, 1.54) is 50.1 Å². The van der Waals surface area contributed by atoms with Crippen molar-refractivity contribution in [2.24, 2.45) is 0 Å². The Morgan fingerprint density at radius 3 is 1.62 bits per heavy atom. The van der Waals surface area contributed by atoms with Gasteiger partial charge in [0.2, 0.25) is 0 Å². The van der Waals surface area contributed by atoms with Gasteiger partial charge in [0.1, 0.15) is 0 Å². The molecule has 0 bridgehead atoms. The molecule has 2 aliphatic rings. The summed E-state index contributed by atoms with van der Waals surface area (Å²) in [5.74, 6) is 0. The van der Waals surface area contributed by atoms with E-state index in [0.29, 0.717) is 13.7 Å². The fraction of sp³-hybridized carbons (Fsp3) is 0.222. The summed E-state index contributed by atoms with van der Waals surface area (Å²) in [4.78, 5) is 0. The van der Waals surface area contributed by atoms with Crippen molar-refractivity contribution in [3.05, 3.63) is 180 Å². The second-order valence-corrected chi connectivity index (χ2v) is 25.0. The molecule has 0 fully saturated rings. The van der Waals surface area contributed by atoms with Crippen LogP contribution in [-0.2, 0) is 31.8 Å². The second-order valence-electron chi connectivity index (χ2n) is 15.2. The van der Waals surface area contributed by atoms with Crippen LogP contribution in [-0.4, -0.2) is 3.26 Å². The molecule has 7 rings (SSSR count). The quantitative estimate of drug-likeness (QED) is 0.155. The van der Waals surface area contributed by atoms with Gasteiger partial charge < -0.3 is 0 Å². The molecule has 0 amide bonds. The Morgan fingerprint density at radius 2 is 1.12 bits per heavy atom. The van der Waals surface area contributed by atoms with E-state index in [9.17, 15) is 0 Å². The number of fused-ring (bicyclic) bond motifs is 3. The van der Waals surface area contributed by atoms with Crippen molar-refractivity contribution in [2.45, 2.75) is 62.5 Å². The number of hydrogen-bond acceptors (Lipinski definition) is 0. The first kappa shape index (κ1) is 33.4. The summed E-state index contributed by atoms with van der Waals surface area (Å²) in [5, 5.41) is 1.24. The summed E-state index contributed by atoms with van der Waals surface area (Å²) in [5.41, 5.74) is 13.6. The van der Waals surface area contributed by atoms with Crippen LogP contribution in [0.5, 0.6) is 0 Å². The zero-order valence-corrected chi connectivity index (χ0v) is 33.8. The average molecular weight is 832 g/mol. The van der Waals surface area contributed by atoms with Crippen molar-refractivity contribution in [2.75, 3.05) is 0 Å². The van der Waals surface area contributed by atoms with E-state index in [0.717, 1.165) is 12.0 Å². The number of rotatable bonds is 5. The molecule has 0 saturated carbocycles. The van der Waals surface area contributed by atoms with Gasteiger partial charge in [0.15, 0.2) is 0 Å². The van der Waals surface area contributed by atoms with Gasteiger partial charge in [-0.15, -0.1) is 0 Å². The molecular weight excluding hydrogens is 790 g/mol. The first-order chi connectivity index (χ1) is 22.9. The third-order valence-electron chi connectivity index (χ3n) is 9.93. The van der Waals surface area contributed by atoms with Crippen molar-refractivity contribution >= 4 is 32.0 Å². The van der Waals surface area contributed by atoms with E-state index in [-0.39, 0.29) is 10.8 Å². The number of benzene rings is 5. The Balaban J connectivity index is 1.66.